The monoisotopic (exact) mass is 1740 g/mol. The molecular formula is La2O27Pb2Ti9Zr2. The van der Waals surface area contributed by atoms with E-state index >= 15 is 0 Å². The molecule has 0 saturated carbocycles. The van der Waals surface area contributed by atoms with Crippen LogP contribution in [0.25, 0.3) is 0 Å². The van der Waals surface area contributed by atoms with Gasteiger partial charge in [0.25, 0.3) is 0 Å². The standard InChI is InChI=1S/2La.27O.2Pb.9Ti.2Zr/q2*+3;;;;;;;;;;18*-1;2*+2;;;;;;;;;;2*+4. The SMILES string of the molecule is [La+3].[La+3].[O]=[Ti]([O-])[O-].[O]=[Ti]([O-])[O-].[O]=[Ti]([O-])[O-].[O]=[Ti]([O-])[O-].[O]=[Ti]([O-])[O-].[O]=[Ti]([O-])[O-].[O]=[Ti]([O-])[O-].[O]=[Ti]([O-])[O-].[O]=[Ti]([O-])[O-].[Pb+2].[Pb+2].[Zr+4].[Zr+4]. The Morgan fingerprint density at radius 2 is 0.214 bits per heavy atom. The Hall–Kier alpha value is 9.91. The summed E-state index contributed by atoms with van der Waals surface area (Å²) in [6, 6.07) is 0. The molecule has 0 bridgehead atoms. The van der Waals surface area contributed by atoms with Crippen molar-refractivity contribution in [3.63, 3.8) is 0 Å². The van der Waals surface area contributed by atoms with Crippen LogP contribution in [-0.2, 0) is 250 Å². The maximum atomic E-state index is 8.58. The third-order valence-corrected chi connectivity index (χ3v) is 0. The maximum absolute atomic E-state index is 8.58. The van der Waals surface area contributed by atoms with Crippen molar-refractivity contribution in [2.24, 2.45) is 0 Å². The van der Waals surface area contributed by atoms with E-state index in [-0.39, 0.29) is 178 Å². The van der Waals surface area contributed by atoms with Crippen LogP contribution in [0, 0.1) is 71.2 Å². The third-order valence-electron chi connectivity index (χ3n) is 0. The topological polar surface area (TPSA) is 569 Å². The van der Waals surface area contributed by atoms with Gasteiger partial charge in [0, 0.05) is 0 Å². The van der Waals surface area contributed by atoms with Gasteiger partial charge in [-0.15, -0.1) is 0 Å². The predicted molar refractivity (Wildman–Crippen MR) is 17.7 cm³/mol. The van der Waals surface area contributed by atoms with E-state index in [1.54, 1.807) is 0 Å². The molecule has 0 spiro atoms. The van der Waals surface area contributed by atoms with Crippen LogP contribution in [0.2, 0.25) is 0 Å². The summed E-state index contributed by atoms with van der Waals surface area (Å²) < 4.78 is 232. The smallest absolute Gasteiger partial charge is 2.00 e. The fraction of sp³-hybridized carbons (Fsp3) is 0. The van der Waals surface area contributed by atoms with Gasteiger partial charge in [-0.2, -0.15) is 0 Å². The Balaban J connectivity index is -0.0000000148. The van der Waals surface area contributed by atoms with Crippen LogP contribution in [0.5, 0.6) is 0 Å². The van der Waals surface area contributed by atoms with E-state index in [1.165, 1.54) is 0 Å². The molecule has 0 rings (SSSR count). The molecule has 0 saturated heterocycles. The molecule has 0 atom stereocenters. The van der Waals surface area contributed by atoms with Gasteiger partial charge in [-0.1, -0.05) is 0 Å². The Morgan fingerprint density at radius 1 is 0.214 bits per heavy atom. The summed E-state index contributed by atoms with van der Waals surface area (Å²) in [6.07, 6.45) is 0. The fourth-order valence-corrected chi connectivity index (χ4v) is 0. The second kappa shape index (κ2) is 93.1. The molecule has 42 heavy (non-hydrogen) atoms. The second-order valence-corrected chi connectivity index (χ2v) is 9.28. The first-order valence-electron chi connectivity index (χ1n) is 5.51. The quantitative estimate of drug-likeness (QED) is 0.203. The molecule has 0 heterocycles. The van der Waals surface area contributed by atoms with E-state index in [2.05, 4.69) is 0 Å². The molecule has 0 amide bonds. The van der Waals surface area contributed by atoms with Gasteiger partial charge < -0.3 is 0 Å². The van der Waals surface area contributed by atoms with Crippen molar-refractivity contribution in [3.8, 4) is 0 Å². The minimum atomic E-state index is -4.08. The van der Waals surface area contributed by atoms with Crippen molar-refractivity contribution in [2.45, 2.75) is 0 Å². The zero-order valence-electron chi connectivity index (χ0n) is 18.7. The van der Waals surface area contributed by atoms with Gasteiger partial charge in [-0.05, 0) is 0 Å². The first kappa shape index (κ1) is 98.8. The minimum Gasteiger partial charge on any atom is 2.00 e. The van der Waals surface area contributed by atoms with Crippen LogP contribution < -0.4 is 66.4 Å². The number of hydrogen-bond acceptors (Lipinski definition) is 27. The van der Waals surface area contributed by atoms with Crippen LogP contribution >= 0.6 is 0 Å². The van der Waals surface area contributed by atoms with Crippen molar-refractivity contribution in [2.75, 3.05) is 0 Å². The molecule has 0 unspecified atom stereocenters. The normalized spacial score (nSPS) is 5.57. The Labute approximate surface area is 430 Å². The first-order chi connectivity index (χ1) is 15.6. The van der Waals surface area contributed by atoms with Gasteiger partial charge in [0.15, 0.2) is 0 Å². The van der Waals surface area contributed by atoms with Gasteiger partial charge in [-0.25, -0.2) is 0 Å². The number of hydrogen-bond donors (Lipinski definition) is 0. The number of rotatable bonds is 0. The zero-order chi connectivity index (χ0) is 32.2. The van der Waals surface area contributed by atoms with Crippen LogP contribution in [0.1, 0.15) is 0 Å². The van der Waals surface area contributed by atoms with Gasteiger partial charge in [-0.3, -0.25) is 0 Å². The molecule has 0 fully saturated rings. The van der Waals surface area contributed by atoms with E-state index in [1.807, 2.05) is 0 Å². The van der Waals surface area contributed by atoms with Crippen LogP contribution in [0.3, 0.4) is 0 Å². The molecule has 0 N–H and O–H groups in total. The van der Waals surface area contributed by atoms with E-state index < -0.39 is 168 Å². The van der Waals surface area contributed by atoms with Crippen molar-refractivity contribution in [1.82, 2.24) is 0 Å². The summed E-state index contributed by atoms with van der Waals surface area (Å²) in [5.74, 6) is 0. The summed E-state index contributed by atoms with van der Waals surface area (Å²) in [5, 5.41) is 0. The molecule has 0 aliphatic heterocycles. The second-order valence-electron chi connectivity index (χ2n) is 2.25. The van der Waals surface area contributed by atoms with Crippen molar-refractivity contribution in [3.05, 3.63) is 0 Å². The average Bonchev–Trinajstić information content (AvgIpc) is 2.39. The molecule has 4 radical (unpaired) electrons. The zero-order valence-corrected chi connectivity index (χ0v) is 52.7. The summed E-state index contributed by atoms with van der Waals surface area (Å²) in [6.45, 7) is 0. The van der Waals surface area contributed by atoms with Crippen LogP contribution in [0.4, 0.5) is 0 Å². The minimum absolute atomic E-state index is 0. The first-order valence-corrected chi connectivity index (χ1v) is 22.7. The van der Waals surface area contributed by atoms with Gasteiger partial charge in [0.2, 0.25) is 0 Å². The van der Waals surface area contributed by atoms with Crippen molar-refractivity contribution >= 4 is 54.6 Å². The Kier molecular flexibility index (Phi) is 219. The fourth-order valence-electron chi connectivity index (χ4n) is 0. The molecule has 0 aromatic rings. The van der Waals surface area contributed by atoms with E-state index in [9.17, 15) is 0 Å². The summed E-state index contributed by atoms with van der Waals surface area (Å²) >= 11 is -36.8. The van der Waals surface area contributed by atoms with Crippen molar-refractivity contribution < 1.29 is 387 Å². The molecule has 0 aliphatic rings. The molecule has 27 nitrogen and oxygen atoms in total. The van der Waals surface area contributed by atoms with Crippen LogP contribution in [0.15, 0.2) is 0 Å². The van der Waals surface area contributed by atoms with Gasteiger partial charge in [0.05, 0.1) is 0 Å². The van der Waals surface area contributed by atoms with Crippen LogP contribution in [-0.4, -0.2) is 54.6 Å². The summed E-state index contributed by atoms with van der Waals surface area (Å²) in [7, 11) is 0. The Bertz CT molecular complexity index is 442. The Morgan fingerprint density at radius 3 is 0.214 bits per heavy atom. The van der Waals surface area contributed by atoms with E-state index in [0.717, 1.165) is 0 Å². The third kappa shape index (κ3) is 1220. The maximum Gasteiger partial charge on any atom is 4.00 e. The van der Waals surface area contributed by atoms with Gasteiger partial charge in [0.1, 0.15) is 0 Å². The van der Waals surface area contributed by atoms with Gasteiger partial charge >= 0.3 is 442 Å². The van der Waals surface area contributed by atoms with Crippen molar-refractivity contribution in [1.29, 1.82) is 0 Å². The molecule has 42 heteroatoms. The van der Waals surface area contributed by atoms with E-state index in [4.69, 9.17) is 96.3 Å². The average molecular weight is 1740 g/mol. The predicted octanol–water partition coefficient (Wildman–Crippen LogP) is -23.3. The molecule has 0 aliphatic carbocycles. The largest absolute Gasteiger partial charge is 4.00 e. The molecule has 0 aromatic carbocycles. The molecule has 220 valence electrons. The summed E-state index contributed by atoms with van der Waals surface area (Å²) in [4.78, 5) is 0. The molecule has 0 aromatic heterocycles. The van der Waals surface area contributed by atoms with E-state index in [0.29, 0.717) is 0 Å². The summed E-state index contributed by atoms with van der Waals surface area (Å²) in [5.41, 5.74) is 0. The molecular weight excluding hydrogens is 1740 g/mol.